The van der Waals surface area contributed by atoms with E-state index in [-0.39, 0.29) is 10.6 Å². The lowest BCUT2D eigenvalue weighted by molar-refractivity contribution is -0.384. The molecular weight excluding hydrogens is 312 g/mol. The van der Waals surface area contributed by atoms with Crippen molar-refractivity contribution in [2.24, 2.45) is 5.92 Å². The monoisotopic (exact) mass is 326 g/mol. The zero-order valence-corrected chi connectivity index (χ0v) is 11.9. The van der Waals surface area contributed by atoms with Gasteiger partial charge >= 0.3 is 0 Å². The van der Waals surface area contributed by atoms with Gasteiger partial charge in [0.25, 0.3) is 5.69 Å². The van der Waals surface area contributed by atoms with Gasteiger partial charge in [-0.25, -0.2) is 0 Å². The van der Waals surface area contributed by atoms with Crippen LogP contribution in [-0.4, -0.2) is 23.7 Å². The second-order valence-corrected chi connectivity index (χ2v) is 5.99. The van der Waals surface area contributed by atoms with Crippen molar-refractivity contribution < 1.29 is 9.66 Å². The maximum Gasteiger partial charge on any atom is 0.270 e. The molecule has 1 N–H and O–H groups in total. The number of rotatable bonds is 4. The Morgan fingerprint density at radius 1 is 1.37 bits per heavy atom. The first-order valence-electron chi connectivity index (χ1n) is 6.47. The molecule has 0 aromatic heterocycles. The first kappa shape index (κ1) is 12.9. The molecule has 2 aliphatic rings. The molecule has 1 saturated heterocycles. The van der Waals surface area contributed by atoms with Crippen molar-refractivity contribution in [3.8, 4) is 0 Å². The van der Waals surface area contributed by atoms with Gasteiger partial charge in [-0.2, -0.15) is 0 Å². The predicted octanol–water partition coefficient (Wildman–Crippen LogP) is 3.34. The number of hydrogen-bond donors (Lipinski definition) is 1. The largest absolute Gasteiger partial charge is 0.379 e. The lowest BCUT2D eigenvalue weighted by atomic mass is 10.1. The fourth-order valence-corrected chi connectivity index (χ4v) is 3.07. The third-order valence-corrected chi connectivity index (χ3v) is 4.38. The zero-order chi connectivity index (χ0) is 13.4. The third kappa shape index (κ3) is 2.74. The van der Waals surface area contributed by atoms with Crippen molar-refractivity contribution >= 4 is 27.3 Å². The lowest BCUT2D eigenvalue weighted by Gasteiger charge is -2.21. The van der Waals surface area contributed by atoms with Crippen LogP contribution in [0.15, 0.2) is 22.7 Å². The molecule has 2 fully saturated rings. The van der Waals surface area contributed by atoms with Crippen LogP contribution in [0.4, 0.5) is 11.4 Å². The summed E-state index contributed by atoms with van der Waals surface area (Å²) in [6.45, 7) is 0.795. The normalized spacial score (nSPS) is 26.4. The minimum Gasteiger partial charge on any atom is -0.379 e. The average molecular weight is 327 g/mol. The lowest BCUT2D eigenvalue weighted by Crippen LogP contribution is -2.31. The first-order chi connectivity index (χ1) is 9.15. The number of non-ortho nitro benzene ring substituents is 1. The number of nitro groups is 1. The van der Waals surface area contributed by atoms with Crippen LogP contribution >= 0.6 is 15.9 Å². The summed E-state index contributed by atoms with van der Waals surface area (Å²) in [4.78, 5) is 10.3. The maximum absolute atomic E-state index is 10.7. The number of halogens is 1. The van der Waals surface area contributed by atoms with Crippen LogP contribution in [0.1, 0.15) is 19.3 Å². The molecule has 1 aromatic rings. The van der Waals surface area contributed by atoms with Crippen LogP contribution in [0.2, 0.25) is 0 Å². The van der Waals surface area contributed by atoms with Crippen LogP contribution in [0.3, 0.4) is 0 Å². The van der Waals surface area contributed by atoms with Gasteiger partial charge in [0.15, 0.2) is 0 Å². The highest BCUT2D eigenvalue weighted by Crippen LogP contribution is 2.40. The van der Waals surface area contributed by atoms with Crippen molar-refractivity contribution in [2.75, 3.05) is 11.9 Å². The van der Waals surface area contributed by atoms with Gasteiger partial charge in [0.1, 0.15) is 0 Å². The highest BCUT2D eigenvalue weighted by atomic mass is 79.9. The average Bonchev–Trinajstić information content (AvgIpc) is 3.12. The molecule has 5 nitrogen and oxygen atoms in total. The molecule has 3 rings (SSSR count). The van der Waals surface area contributed by atoms with Gasteiger partial charge in [-0.15, -0.1) is 0 Å². The zero-order valence-electron chi connectivity index (χ0n) is 10.3. The Kier molecular flexibility index (Phi) is 3.45. The Bertz CT molecular complexity index is 505. The van der Waals surface area contributed by atoms with Gasteiger partial charge in [0.2, 0.25) is 0 Å². The van der Waals surface area contributed by atoms with Crippen LogP contribution in [0.5, 0.6) is 0 Å². The molecule has 0 spiro atoms. The molecule has 1 aliphatic heterocycles. The minimum atomic E-state index is -0.389. The highest BCUT2D eigenvalue weighted by molar-refractivity contribution is 9.10. The number of ether oxygens (including phenoxy) is 1. The Balaban J connectivity index is 1.73. The van der Waals surface area contributed by atoms with E-state index in [9.17, 15) is 10.1 Å². The van der Waals surface area contributed by atoms with Crippen molar-refractivity contribution in [1.82, 2.24) is 0 Å². The minimum absolute atomic E-state index is 0.0961. The number of nitrogens with one attached hydrogen (secondary N) is 1. The molecule has 19 heavy (non-hydrogen) atoms. The molecule has 0 radical (unpaired) electrons. The first-order valence-corrected chi connectivity index (χ1v) is 7.26. The van der Waals surface area contributed by atoms with Gasteiger partial charge in [0.05, 0.1) is 17.1 Å². The molecular formula is C13H15BrN2O3. The topological polar surface area (TPSA) is 64.4 Å². The quantitative estimate of drug-likeness (QED) is 0.680. The van der Waals surface area contributed by atoms with Crippen LogP contribution in [0.25, 0.3) is 0 Å². The van der Waals surface area contributed by atoms with E-state index in [1.165, 1.54) is 25.0 Å². The second-order valence-electron chi connectivity index (χ2n) is 5.13. The van der Waals surface area contributed by atoms with E-state index >= 15 is 0 Å². The molecule has 6 heteroatoms. The summed E-state index contributed by atoms with van der Waals surface area (Å²) >= 11 is 3.39. The summed E-state index contributed by atoms with van der Waals surface area (Å²) in [7, 11) is 0. The van der Waals surface area contributed by atoms with Crippen LogP contribution < -0.4 is 5.32 Å². The van der Waals surface area contributed by atoms with Crippen molar-refractivity contribution in [3.05, 3.63) is 32.8 Å². The molecule has 102 valence electrons. The second kappa shape index (κ2) is 5.09. The highest BCUT2D eigenvalue weighted by Gasteiger charge is 2.40. The van der Waals surface area contributed by atoms with Gasteiger partial charge in [-0.1, -0.05) is 0 Å². The molecule has 0 bridgehead atoms. The fourth-order valence-electron chi connectivity index (χ4n) is 2.59. The SMILES string of the molecule is O=[N+]([O-])c1ccc(NC2CCOC2C2CC2)c(Br)c1. The third-order valence-electron chi connectivity index (χ3n) is 3.73. The molecule has 1 aliphatic carbocycles. The van der Waals surface area contributed by atoms with Gasteiger partial charge in [0, 0.05) is 28.9 Å². The summed E-state index contributed by atoms with van der Waals surface area (Å²) in [5.41, 5.74) is 0.991. The van der Waals surface area contributed by atoms with Crippen molar-refractivity contribution in [1.29, 1.82) is 0 Å². The molecule has 0 amide bonds. The maximum atomic E-state index is 10.7. The number of nitro benzene ring substituents is 1. The molecule has 1 saturated carbocycles. The molecule has 1 heterocycles. The fraction of sp³-hybridized carbons (Fsp3) is 0.538. The van der Waals surface area contributed by atoms with Gasteiger partial charge in [-0.3, -0.25) is 10.1 Å². The van der Waals surface area contributed by atoms with E-state index in [0.29, 0.717) is 18.1 Å². The van der Waals surface area contributed by atoms with Crippen LogP contribution in [0, 0.1) is 16.0 Å². The summed E-state index contributed by atoms with van der Waals surface area (Å²) in [5.74, 6) is 0.692. The summed E-state index contributed by atoms with van der Waals surface area (Å²) in [6, 6.07) is 5.12. The Hall–Kier alpha value is -1.14. The van der Waals surface area contributed by atoms with E-state index in [1.807, 2.05) is 0 Å². The summed E-state index contributed by atoms with van der Waals surface area (Å²) in [6.07, 6.45) is 3.79. The smallest absolute Gasteiger partial charge is 0.270 e. The summed E-state index contributed by atoms with van der Waals surface area (Å²) in [5, 5.41) is 14.2. The van der Waals surface area contributed by atoms with Gasteiger partial charge in [-0.05, 0) is 47.2 Å². The van der Waals surface area contributed by atoms with Crippen molar-refractivity contribution in [2.45, 2.75) is 31.4 Å². The van der Waals surface area contributed by atoms with Gasteiger partial charge < -0.3 is 10.1 Å². The Morgan fingerprint density at radius 3 is 2.79 bits per heavy atom. The van der Waals surface area contributed by atoms with Crippen LogP contribution in [-0.2, 0) is 4.74 Å². The molecule has 2 atom stereocenters. The number of hydrogen-bond acceptors (Lipinski definition) is 4. The summed E-state index contributed by atoms with van der Waals surface area (Å²) < 4.78 is 6.50. The number of nitrogens with zero attached hydrogens (tertiary/aromatic N) is 1. The number of benzene rings is 1. The van der Waals surface area contributed by atoms with Crippen molar-refractivity contribution in [3.63, 3.8) is 0 Å². The van der Waals surface area contributed by atoms with E-state index < -0.39 is 0 Å². The standard InChI is InChI=1S/C13H15BrN2O3/c14-10-7-9(16(17)18)3-4-11(10)15-12-5-6-19-13(12)8-1-2-8/h3-4,7-8,12-13,15H,1-2,5-6H2. The predicted molar refractivity (Wildman–Crippen MR) is 75.3 cm³/mol. The van der Waals surface area contributed by atoms with E-state index in [2.05, 4.69) is 21.2 Å². The van der Waals surface area contributed by atoms with E-state index in [0.717, 1.165) is 23.2 Å². The number of anilines is 1. The van der Waals surface area contributed by atoms with E-state index in [1.54, 1.807) is 6.07 Å². The van der Waals surface area contributed by atoms with E-state index in [4.69, 9.17) is 4.74 Å². The Labute approximate surface area is 119 Å². The molecule has 1 aromatic carbocycles. The Morgan fingerprint density at radius 2 is 2.16 bits per heavy atom. The molecule has 2 unspecified atom stereocenters.